The van der Waals surface area contributed by atoms with Gasteiger partial charge in [-0.15, -0.1) is 12.4 Å². The van der Waals surface area contributed by atoms with E-state index in [1.165, 1.54) is 17.2 Å². The summed E-state index contributed by atoms with van der Waals surface area (Å²) in [6.07, 6.45) is 0.962. The summed E-state index contributed by atoms with van der Waals surface area (Å²) in [5.74, 6) is -0.421. The van der Waals surface area contributed by atoms with Crippen molar-refractivity contribution in [2.24, 2.45) is 0 Å². The quantitative estimate of drug-likeness (QED) is 0.647. The molecule has 6 nitrogen and oxygen atoms in total. The smallest absolute Gasteiger partial charge is 0.285 e. The van der Waals surface area contributed by atoms with Gasteiger partial charge >= 0.3 is 0 Å². The SMILES string of the molecule is Cc1cccc(C(=O)NCC2NCCc3ccccc32)c1[N+](=O)[O-].Cl. The Hall–Kier alpha value is -2.44. The van der Waals surface area contributed by atoms with Crippen LogP contribution in [-0.4, -0.2) is 23.9 Å². The summed E-state index contributed by atoms with van der Waals surface area (Å²) in [6.45, 7) is 2.87. The van der Waals surface area contributed by atoms with Gasteiger partial charge in [-0.2, -0.15) is 0 Å². The first-order valence-corrected chi connectivity index (χ1v) is 7.91. The van der Waals surface area contributed by atoms with Crippen LogP contribution in [0.2, 0.25) is 0 Å². The van der Waals surface area contributed by atoms with Crippen molar-refractivity contribution in [3.05, 3.63) is 74.8 Å². The molecule has 132 valence electrons. The summed E-state index contributed by atoms with van der Waals surface area (Å²) < 4.78 is 0. The van der Waals surface area contributed by atoms with Gasteiger partial charge in [0.1, 0.15) is 5.56 Å². The molecule has 2 aromatic carbocycles. The molecule has 1 unspecified atom stereocenters. The van der Waals surface area contributed by atoms with Gasteiger partial charge in [0.2, 0.25) is 0 Å². The van der Waals surface area contributed by atoms with E-state index in [0.717, 1.165) is 13.0 Å². The Morgan fingerprint density at radius 3 is 2.80 bits per heavy atom. The zero-order chi connectivity index (χ0) is 17.1. The van der Waals surface area contributed by atoms with Crippen LogP contribution in [0, 0.1) is 17.0 Å². The summed E-state index contributed by atoms with van der Waals surface area (Å²) in [6, 6.07) is 12.9. The van der Waals surface area contributed by atoms with Crippen molar-refractivity contribution in [2.75, 3.05) is 13.1 Å². The van der Waals surface area contributed by atoms with Crippen LogP contribution in [0.5, 0.6) is 0 Å². The normalized spacial score (nSPS) is 15.6. The van der Waals surface area contributed by atoms with Gasteiger partial charge in [0.05, 0.1) is 4.92 Å². The van der Waals surface area contributed by atoms with Crippen molar-refractivity contribution in [1.29, 1.82) is 0 Å². The Morgan fingerprint density at radius 1 is 1.28 bits per heavy atom. The predicted molar refractivity (Wildman–Crippen MR) is 98.3 cm³/mol. The van der Waals surface area contributed by atoms with Gasteiger partial charge in [0.15, 0.2) is 0 Å². The highest BCUT2D eigenvalue weighted by molar-refractivity contribution is 5.98. The molecule has 1 aliphatic heterocycles. The van der Waals surface area contributed by atoms with E-state index in [-0.39, 0.29) is 29.7 Å². The second-order valence-corrected chi connectivity index (χ2v) is 5.89. The lowest BCUT2D eigenvalue weighted by molar-refractivity contribution is -0.385. The van der Waals surface area contributed by atoms with Crippen LogP contribution in [0.1, 0.15) is 33.1 Å². The van der Waals surface area contributed by atoms with Crippen LogP contribution in [0.3, 0.4) is 0 Å². The van der Waals surface area contributed by atoms with E-state index in [2.05, 4.69) is 16.7 Å². The Labute approximate surface area is 152 Å². The minimum Gasteiger partial charge on any atom is -0.350 e. The number of halogens is 1. The Bertz CT molecular complexity index is 795. The maximum Gasteiger partial charge on any atom is 0.285 e. The lowest BCUT2D eigenvalue weighted by Crippen LogP contribution is -2.39. The van der Waals surface area contributed by atoms with Crippen molar-refractivity contribution < 1.29 is 9.72 Å². The molecular weight excluding hydrogens is 342 g/mol. The van der Waals surface area contributed by atoms with E-state index in [1.807, 2.05) is 18.2 Å². The first-order chi connectivity index (χ1) is 11.6. The molecule has 0 spiro atoms. The van der Waals surface area contributed by atoms with Crippen LogP contribution < -0.4 is 10.6 Å². The molecule has 0 saturated heterocycles. The predicted octanol–water partition coefficient (Wildman–Crippen LogP) is 2.94. The van der Waals surface area contributed by atoms with E-state index >= 15 is 0 Å². The van der Waals surface area contributed by atoms with E-state index in [0.29, 0.717) is 12.1 Å². The number of hydrogen-bond acceptors (Lipinski definition) is 4. The molecule has 0 radical (unpaired) electrons. The van der Waals surface area contributed by atoms with Gasteiger partial charge in [-0.05, 0) is 37.1 Å². The molecule has 2 aromatic rings. The lowest BCUT2D eigenvalue weighted by Gasteiger charge is -2.27. The maximum absolute atomic E-state index is 12.4. The molecule has 7 heteroatoms. The number of carbonyl (C=O) groups excluding carboxylic acids is 1. The van der Waals surface area contributed by atoms with Crippen molar-refractivity contribution in [2.45, 2.75) is 19.4 Å². The standard InChI is InChI=1S/C18H19N3O3.ClH/c1-12-5-4-8-15(17(12)21(23)24)18(22)20-11-16-14-7-3-2-6-13(14)9-10-19-16;/h2-8,16,19H,9-11H2,1H3,(H,20,22);1H. The molecule has 0 aromatic heterocycles. The van der Waals surface area contributed by atoms with Gasteiger partial charge in [-0.1, -0.05) is 36.4 Å². The van der Waals surface area contributed by atoms with E-state index in [9.17, 15) is 14.9 Å². The number of fused-ring (bicyclic) bond motifs is 1. The van der Waals surface area contributed by atoms with Gasteiger partial charge in [0, 0.05) is 18.2 Å². The van der Waals surface area contributed by atoms with Crippen LogP contribution in [0.25, 0.3) is 0 Å². The summed E-state index contributed by atoms with van der Waals surface area (Å²) >= 11 is 0. The van der Waals surface area contributed by atoms with Crippen LogP contribution >= 0.6 is 12.4 Å². The molecule has 1 heterocycles. The number of para-hydroxylation sites is 1. The number of nitrogens with zero attached hydrogens (tertiary/aromatic N) is 1. The van der Waals surface area contributed by atoms with E-state index in [1.54, 1.807) is 19.1 Å². The molecule has 1 atom stereocenters. The van der Waals surface area contributed by atoms with Gasteiger partial charge < -0.3 is 10.6 Å². The Morgan fingerprint density at radius 2 is 2.04 bits per heavy atom. The summed E-state index contributed by atoms with van der Waals surface area (Å²) in [5.41, 5.74) is 2.89. The highest BCUT2D eigenvalue weighted by Crippen LogP contribution is 2.24. The number of amides is 1. The number of aryl methyl sites for hydroxylation is 1. The molecule has 1 aliphatic rings. The molecule has 0 bridgehead atoms. The van der Waals surface area contributed by atoms with Crippen LogP contribution in [0.4, 0.5) is 5.69 Å². The molecule has 0 fully saturated rings. The first kappa shape index (κ1) is 18.9. The monoisotopic (exact) mass is 361 g/mol. The van der Waals surface area contributed by atoms with Crippen molar-refractivity contribution in [3.63, 3.8) is 0 Å². The molecule has 2 N–H and O–H groups in total. The molecule has 0 aliphatic carbocycles. The third-order valence-corrected chi connectivity index (χ3v) is 4.35. The lowest BCUT2D eigenvalue weighted by atomic mass is 9.94. The summed E-state index contributed by atoms with van der Waals surface area (Å²) in [7, 11) is 0. The largest absolute Gasteiger partial charge is 0.350 e. The van der Waals surface area contributed by atoms with Crippen molar-refractivity contribution in [3.8, 4) is 0 Å². The van der Waals surface area contributed by atoms with Gasteiger partial charge in [-0.3, -0.25) is 14.9 Å². The van der Waals surface area contributed by atoms with Crippen molar-refractivity contribution >= 4 is 24.0 Å². The molecule has 25 heavy (non-hydrogen) atoms. The van der Waals surface area contributed by atoms with Crippen molar-refractivity contribution in [1.82, 2.24) is 10.6 Å². The second kappa shape index (κ2) is 8.09. The van der Waals surface area contributed by atoms with Crippen LogP contribution in [0.15, 0.2) is 42.5 Å². The molecule has 3 rings (SSSR count). The number of carbonyl (C=O) groups is 1. The first-order valence-electron chi connectivity index (χ1n) is 7.91. The third-order valence-electron chi connectivity index (χ3n) is 4.35. The highest BCUT2D eigenvalue weighted by atomic mass is 35.5. The number of benzene rings is 2. The second-order valence-electron chi connectivity index (χ2n) is 5.89. The van der Waals surface area contributed by atoms with E-state index < -0.39 is 10.8 Å². The molecule has 1 amide bonds. The summed E-state index contributed by atoms with van der Waals surface area (Å²) in [5, 5.41) is 17.4. The average Bonchev–Trinajstić information content (AvgIpc) is 2.59. The number of rotatable bonds is 4. The fourth-order valence-corrected chi connectivity index (χ4v) is 3.15. The number of nitrogens with one attached hydrogen (secondary N) is 2. The average molecular weight is 362 g/mol. The van der Waals surface area contributed by atoms with Gasteiger partial charge in [0.25, 0.3) is 11.6 Å². The zero-order valence-electron chi connectivity index (χ0n) is 13.8. The van der Waals surface area contributed by atoms with E-state index in [4.69, 9.17) is 0 Å². The Kier molecular flexibility index (Phi) is 6.12. The molecular formula is C18H20ClN3O3. The number of nitro benzene ring substituents is 1. The number of hydrogen-bond donors (Lipinski definition) is 2. The third kappa shape index (κ3) is 3.97. The summed E-state index contributed by atoms with van der Waals surface area (Å²) in [4.78, 5) is 23.2. The minimum atomic E-state index is -0.502. The van der Waals surface area contributed by atoms with Crippen LogP contribution in [-0.2, 0) is 6.42 Å². The fraction of sp³-hybridized carbons (Fsp3) is 0.278. The highest BCUT2D eigenvalue weighted by Gasteiger charge is 2.24. The topological polar surface area (TPSA) is 84.3 Å². The zero-order valence-corrected chi connectivity index (χ0v) is 14.6. The minimum absolute atomic E-state index is 0. The maximum atomic E-state index is 12.4. The Balaban J connectivity index is 0.00000225. The fourth-order valence-electron chi connectivity index (χ4n) is 3.15. The number of nitro groups is 1. The van der Waals surface area contributed by atoms with Gasteiger partial charge in [-0.25, -0.2) is 0 Å². The molecule has 0 saturated carbocycles.